The minimum Gasteiger partial charge on any atom is -0.497 e. The van der Waals surface area contributed by atoms with Crippen molar-refractivity contribution in [2.45, 2.75) is 20.0 Å². The van der Waals surface area contributed by atoms with Crippen molar-refractivity contribution in [1.82, 2.24) is 16.0 Å². The van der Waals surface area contributed by atoms with Crippen LogP contribution >= 0.6 is 24.0 Å². The molecule has 0 atom stereocenters. The molecule has 2 aromatic carbocycles. The van der Waals surface area contributed by atoms with Gasteiger partial charge in [0.15, 0.2) is 17.5 Å². The van der Waals surface area contributed by atoms with Crippen LogP contribution in [0.25, 0.3) is 0 Å². The molecule has 3 rings (SSSR count). The van der Waals surface area contributed by atoms with Crippen LogP contribution in [0.2, 0.25) is 0 Å². The van der Waals surface area contributed by atoms with Crippen molar-refractivity contribution in [1.29, 1.82) is 0 Å². The number of amides is 1. The molecule has 30 heavy (non-hydrogen) atoms. The highest BCUT2D eigenvalue weighted by molar-refractivity contribution is 14.0. The van der Waals surface area contributed by atoms with Crippen molar-refractivity contribution in [3.05, 3.63) is 53.6 Å². The Hall–Kier alpha value is -2.69. The van der Waals surface area contributed by atoms with Gasteiger partial charge in [-0.3, -0.25) is 4.79 Å². The molecule has 1 amide bonds. The summed E-state index contributed by atoms with van der Waals surface area (Å²) in [5, 5.41) is 9.06. The summed E-state index contributed by atoms with van der Waals surface area (Å²) >= 11 is 0. The van der Waals surface area contributed by atoms with Gasteiger partial charge in [-0.2, -0.15) is 0 Å². The maximum absolute atomic E-state index is 12.1. The van der Waals surface area contributed by atoms with E-state index in [2.05, 4.69) is 20.9 Å². The lowest BCUT2D eigenvalue weighted by atomic mass is 10.2. The number of hydrogen-bond donors (Lipinski definition) is 3. The van der Waals surface area contributed by atoms with Crippen molar-refractivity contribution in [2.24, 2.45) is 4.99 Å². The molecule has 0 saturated carbocycles. The van der Waals surface area contributed by atoms with Gasteiger partial charge in [-0.25, -0.2) is 4.99 Å². The molecule has 1 aliphatic rings. The van der Waals surface area contributed by atoms with Gasteiger partial charge in [-0.05, 0) is 42.3 Å². The number of halogens is 1. The average molecular weight is 526 g/mol. The number of nitrogens with one attached hydrogen (secondary N) is 3. The van der Waals surface area contributed by atoms with Crippen molar-refractivity contribution >= 4 is 35.8 Å². The highest BCUT2D eigenvalue weighted by Crippen LogP contribution is 2.32. The van der Waals surface area contributed by atoms with Crippen molar-refractivity contribution in [3.8, 4) is 17.2 Å². The van der Waals surface area contributed by atoms with E-state index in [1.807, 2.05) is 49.4 Å². The zero-order chi connectivity index (χ0) is 20.5. The van der Waals surface area contributed by atoms with Gasteiger partial charge in [0.2, 0.25) is 12.7 Å². The monoisotopic (exact) mass is 526 g/mol. The fourth-order valence-corrected chi connectivity index (χ4v) is 2.72. The second-order valence-corrected chi connectivity index (χ2v) is 6.36. The van der Waals surface area contributed by atoms with Crippen LogP contribution in [-0.2, 0) is 17.9 Å². The van der Waals surface area contributed by atoms with Crippen molar-refractivity contribution in [2.75, 3.05) is 27.0 Å². The maximum Gasteiger partial charge on any atom is 0.239 e. The molecule has 0 radical (unpaired) electrons. The first kappa shape index (κ1) is 23.6. The third kappa shape index (κ3) is 6.97. The lowest BCUT2D eigenvalue weighted by Crippen LogP contribution is -2.43. The average Bonchev–Trinajstić information content (AvgIpc) is 3.22. The Morgan fingerprint density at radius 3 is 2.50 bits per heavy atom. The van der Waals surface area contributed by atoms with Crippen LogP contribution in [0, 0.1) is 0 Å². The predicted molar refractivity (Wildman–Crippen MR) is 126 cm³/mol. The molecule has 0 aliphatic carbocycles. The topological polar surface area (TPSA) is 93.2 Å². The molecule has 0 fully saturated rings. The molecule has 162 valence electrons. The molecule has 0 saturated heterocycles. The number of ether oxygens (including phenoxy) is 3. The molecule has 0 unspecified atom stereocenters. The predicted octanol–water partition coefficient (Wildman–Crippen LogP) is 2.41. The first-order valence-electron chi connectivity index (χ1n) is 9.48. The number of methoxy groups -OCH3 is 1. The lowest BCUT2D eigenvalue weighted by Gasteiger charge is -2.12. The Labute approximate surface area is 193 Å². The van der Waals surface area contributed by atoms with Gasteiger partial charge < -0.3 is 30.2 Å². The Kier molecular flexibility index (Phi) is 9.52. The Morgan fingerprint density at radius 1 is 1.03 bits per heavy atom. The molecule has 3 N–H and O–H groups in total. The summed E-state index contributed by atoms with van der Waals surface area (Å²) in [6.07, 6.45) is 0. The quantitative estimate of drug-likeness (QED) is 0.278. The first-order valence-corrected chi connectivity index (χ1v) is 9.48. The van der Waals surface area contributed by atoms with Crippen molar-refractivity contribution < 1.29 is 19.0 Å². The van der Waals surface area contributed by atoms with Gasteiger partial charge in [0.25, 0.3) is 0 Å². The van der Waals surface area contributed by atoms with Crippen LogP contribution in [0.1, 0.15) is 18.1 Å². The van der Waals surface area contributed by atoms with E-state index in [1.54, 1.807) is 7.11 Å². The highest BCUT2D eigenvalue weighted by atomic mass is 127. The number of rotatable bonds is 8. The van der Waals surface area contributed by atoms with Crippen LogP contribution < -0.4 is 30.2 Å². The molecule has 1 heterocycles. The second kappa shape index (κ2) is 12.1. The van der Waals surface area contributed by atoms with Crippen molar-refractivity contribution in [3.63, 3.8) is 0 Å². The van der Waals surface area contributed by atoms with Gasteiger partial charge in [-0.1, -0.05) is 18.2 Å². The number of benzene rings is 2. The lowest BCUT2D eigenvalue weighted by molar-refractivity contribution is -0.120. The molecule has 0 aromatic heterocycles. The van der Waals surface area contributed by atoms with E-state index in [-0.39, 0.29) is 43.2 Å². The number of nitrogens with zero attached hydrogens (tertiary/aromatic N) is 1. The Bertz CT molecular complexity index is 859. The number of hydrogen-bond acceptors (Lipinski definition) is 5. The van der Waals surface area contributed by atoms with Gasteiger partial charge in [0.1, 0.15) is 5.75 Å². The highest BCUT2D eigenvalue weighted by Gasteiger charge is 2.13. The molecule has 0 bridgehead atoms. The first-order chi connectivity index (χ1) is 14.2. The summed E-state index contributed by atoms with van der Waals surface area (Å²) in [4.78, 5) is 16.7. The fourth-order valence-electron chi connectivity index (χ4n) is 2.72. The fraction of sp³-hybridized carbons (Fsp3) is 0.333. The second-order valence-electron chi connectivity index (χ2n) is 6.36. The minimum atomic E-state index is -0.116. The largest absolute Gasteiger partial charge is 0.497 e. The van der Waals surface area contributed by atoms with E-state index in [1.165, 1.54) is 0 Å². The van der Waals surface area contributed by atoms with Crippen LogP contribution in [0.5, 0.6) is 17.2 Å². The van der Waals surface area contributed by atoms with Crippen LogP contribution in [0.4, 0.5) is 0 Å². The molecule has 1 aliphatic heterocycles. The van der Waals surface area contributed by atoms with E-state index in [9.17, 15) is 4.79 Å². The van der Waals surface area contributed by atoms with E-state index in [0.29, 0.717) is 25.6 Å². The molecule has 8 nitrogen and oxygen atoms in total. The summed E-state index contributed by atoms with van der Waals surface area (Å²) in [6, 6.07) is 13.3. The van der Waals surface area contributed by atoms with E-state index < -0.39 is 0 Å². The summed E-state index contributed by atoms with van der Waals surface area (Å²) in [6.45, 7) is 3.96. The molecular weight excluding hydrogens is 499 g/mol. The molecule has 2 aromatic rings. The molecule has 9 heteroatoms. The zero-order valence-corrected chi connectivity index (χ0v) is 19.4. The maximum atomic E-state index is 12.1. The number of carbonyl (C=O) groups excluding carboxylic acids is 1. The number of aliphatic imine (C=N–C) groups is 1. The number of carbonyl (C=O) groups is 1. The van der Waals surface area contributed by atoms with E-state index in [0.717, 1.165) is 28.4 Å². The SMILES string of the molecule is CCNC(=NCc1ccc2c(c1)OCO2)NCC(=O)NCc1ccc(OC)cc1.I. The van der Waals surface area contributed by atoms with Crippen LogP contribution in [0.15, 0.2) is 47.5 Å². The standard InChI is InChI=1S/C21H26N4O4.HI/c1-3-22-21(24-12-16-6-9-18-19(10-16)29-14-28-18)25-13-20(26)23-11-15-4-7-17(27-2)8-5-15;/h4-10H,3,11-14H2,1-2H3,(H,23,26)(H2,22,24,25);1H. The summed E-state index contributed by atoms with van der Waals surface area (Å²) in [5.74, 6) is 2.72. The van der Waals surface area contributed by atoms with E-state index in [4.69, 9.17) is 14.2 Å². The van der Waals surface area contributed by atoms with Gasteiger partial charge in [-0.15, -0.1) is 24.0 Å². The smallest absolute Gasteiger partial charge is 0.239 e. The normalized spacial score (nSPS) is 12.0. The molecular formula is C21H27IN4O4. The summed E-state index contributed by atoms with van der Waals surface area (Å²) in [7, 11) is 1.62. The van der Waals surface area contributed by atoms with Gasteiger partial charge >= 0.3 is 0 Å². The molecule has 0 spiro atoms. The van der Waals surface area contributed by atoms with E-state index >= 15 is 0 Å². The van der Waals surface area contributed by atoms with Crippen LogP contribution in [-0.4, -0.2) is 38.9 Å². The summed E-state index contributed by atoms with van der Waals surface area (Å²) < 4.78 is 15.8. The Morgan fingerprint density at radius 2 is 1.77 bits per heavy atom. The minimum absolute atomic E-state index is 0. The third-order valence-electron chi connectivity index (χ3n) is 4.27. The van der Waals surface area contributed by atoms with Gasteiger partial charge in [0.05, 0.1) is 20.2 Å². The van der Waals surface area contributed by atoms with Gasteiger partial charge in [0, 0.05) is 13.1 Å². The number of fused-ring (bicyclic) bond motifs is 1. The third-order valence-corrected chi connectivity index (χ3v) is 4.27. The zero-order valence-electron chi connectivity index (χ0n) is 17.1. The number of guanidine groups is 1. The Balaban J connectivity index is 0.00000320. The summed E-state index contributed by atoms with van der Waals surface area (Å²) in [5.41, 5.74) is 2.00. The van der Waals surface area contributed by atoms with Crippen LogP contribution in [0.3, 0.4) is 0 Å².